The monoisotopic (exact) mass is 554 g/mol. The number of anilines is 1. The maximum Gasteiger partial charge on any atom is 0.354 e. The average Bonchev–Trinajstić information content (AvgIpc) is 3.09. The Kier molecular flexibility index (Phi) is 6.52. The van der Waals surface area contributed by atoms with Gasteiger partial charge in [-0.3, -0.25) is 9.36 Å². The van der Waals surface area contributed by atoms with Crippen LogP contribution in [0.5, 0.6) is 11.5 Å². The van der Waals surface area contributed by atoms with Crippen molar-refractivity contribution in [2.75, 3.05) is 24.6 Å². The molecular formula is C32H31FN4O4. The van der Waals surface area contributed by atoms with Crippen molar-refractivity contribution in [3.63, 3.8) is 0 Å². The van der Waals surface area contributed by atoms with Crippen molar-refractivity contribution in [2.24, 2.45) is 0 Å². The molecular weight excluding hydrogens is 523 g/mol. The molecule has 41 heavy (non-hydrogen) atoms. The molecule has 8 nitrogen and oxygen atoms in total. The van der Waals surface area contributed by atoms with Gasteiger partial charge in [0.25, 0.3) is 0 Å². The predicted octanol–water partition coefficient (Wildman–Crippen LogP) is 5.00. The van der Waals surface area contributed by atoms with E-state index in [2.05, 4.69) is 25.4 Å². The van der Waals surface area contributed by atoms with Crippen LogP contribution in [0.2, 0.25) is 0 Å². The van der Waals surface area contributed by atoms with Gasteiger partial charge >= 0.3 is 5.69 Å². The van der Waals surface area contributed by atoms with Gasteiger partial charge in [0.1, 0.15) is 29.7 Å². The Labute approximate surface area is 236 Å². The third kappa shape index (κ3) is 4.32. The van der Waals surface area contributed by atoms with Gasteiger partial charge in [-0.25, -0.2) is 9.18 Å². The number of nitrogens with zero attached hydrogens (tertiary/aromatic N) is 4. The Morgan fingerprint density at radius 1 is 1.17 bits per heavy atom. The molecule has 1 N–H and O–H groups in total. The number of aromatic hydroxyl groups is 1. The van der Waals surface area contributed by atoms with Crippen molar-refractivity contribution < 1.29 is 19.0 Å². The van der Waals surface area contributed by atoms with E-state index < -0.39 is 11.5 Å². The summed E-state index contributed by atoms with van der Waals surface area (Å²) in [6.07, 6.45) is 1.30. The highest BCUT2D eigenvalue weighted by molar-refractivity contribution is 6.00. The van der Waals surface area contributed by atoms with Crippen LogP contribution in [0.4, 0.5) is 10.2 Å². The zero-order valence-corrected chi connectivity index (χ0v) is 23.2. The van der Waals surface area contributed by atoms with Gasteiger partial charge in [-0.1, -0.05) is 44.7 Å². The second-order valence-electron chi connectivity index (χ2n) is 10.9. The molecule has 1 fully saturated rings. The largest absolute Gasteiger partial charge is 0.507 e. The molecule has 3 aromatic carbocycles. The lowest BCUT2D eigenvalue weighted by atomic mass is 9.99. The lowest BCUT2D eigenvalue weighted by Gasteiger charge is -2.44. The van der Waals surface area contributed by atoms with E-state index in [1.54, 1.807) is 21.6 Å². The van der Waals surface area contributed by atoms with Gasteiger partial charge in [0.15, 0.2) is 0 Å². The van der Waals surface area contributed by atoms with E-state index in [-0.39, 0.29) is 41.8 Å². The normalized spacial score (nSPS) is 18.2. The topological polar surface area (TPSA) is 87.9 Å². The zero-order valence-electron chi connectivity index (χ0n) is 23.2. The molecule has 0 unspecified atom stereocenters. The number of phenols is 1. The minimum absolute atomic E-state index is 0.0158. The molecule has 2 aliphatic heterocycles. The van der Waals surface area contributed by atoms with E-state index in [0.717, 1.165) is 5.56 Å². The third-order valence-electron chi connectivity index (χ3n) is 8.02. The number of ether oxygens (including phenoxy) is 1. The summed E-state index contributed by atoms with van der Waals surface area (Å²) in [6.45, 7) is 10.7. The number of halogens is 1. The molecule has 4 aromatic rings. The van der Waals surface area contributed by atoms with E-state index in [4.69, 9.17) is 4.74 Å². The van der Waals surface area contributed by atoms with Crippen molar-refractivity contribution in [2.45, 2.75) is 38.8 Å². The molecule has 3 heterocycles. The second-order valence-corrected chi connectivity index (χ2v) is 10.9. The van der Waals surface area contributed by atoms with Crippen LogP contribution in [0.1, 0.15) is 32.3 Å². The van der Waals surface area contributed by atoms with Crippen LogP contribution in [0.25, 0.3) is 27.7 Å². The Morgan fingerprint density at radius 2 is 1.95 bits per heavy atom. The number of piperazine rings is 1. The first kappa shape index (κ1) is 26.6. The highest BCUT2D eigenvalue weighted by Crippen LogP contribution is 2.43. The van der Waals surface area contributed by atoms with Gasteiger partial charge in [-0.05, 0) is 60.4 Å². The lowest BCUT2D eigenvalue weighted by Crippen LogP contribution is -2.60. The van der Waals surface area contributed by atoms with Crippen molar-refractivity contribution in [3.8, 4) is 28.3 Å². The molecule has 2 atom stereocenters. The zero-order chi connectivity index (χ0) is 29.0. The minimum atomic E-state index is -0.597. The second kappa shape index (κ2) is 10.1. The highest BCUT2D eigenvalue weighted by Gasteiger charge is 2.38. The number of hydrogen-bond donors (Lipinski definition) is 1. The number of aromatic nitrogens is 2. The molecule has 0 bridgehead atoms. The fourth-order valence-corrected chi connectivity index (χ4v) is 6.03. The van der Waals surface area contributed by atoms with E-state index in [1.807, 2.05) is 36.1 Å². The van der Waals surface area contributed by atoms with Crippen LogP contribution >= 0.6 is 0 Å². The van der Waals surface area contributed by atoms with Crippen molar-refractivity contribution in [3.05, 3.63) is 89.1 Å². The fraction of sp³-hybridized carbons (Fsp3) is 0.281. The molecule has 9 heteroatoms. The molecule has 6 rings (SSSR count). The summed E-state index contributed by atoms with van der Waals surface area (Å²) in [5, 5.41) is 11.3. The van der Waals surface area contributed by atoms with E-state index in [0.29, 0.717) is 46.8 Å². The molecule has 0 spiro atoms. The Morgan fingerprint density at radius 3 is 2.68 bits per heavy atom. The van der Waals surface area contributed by atoms with Crippen molar-refractivity contribution in [1.82, 2.24) is 14.5 Å². The summed E-state index contributed by atoms with van der Waals surface area (Å²) >= 11 is 0. The molecule has 1 saturated heterocycles. The quantitative estimate of drug-likeness (QED) is 0.357. The first-order chi connectivity index (χ1) is 19.7. The molecule has 1 aromatic heterocycles. The summed E-state index contributed by atoms with van der Waals surface area (Å²) in [5.74, 6) is -0.00000596. The number of benzene rings is 3. The van der Waals surface area contributed by atoms with Crippen molar-refractivity contribution >= 4 is 22.6 Å². The third-order valence-corrected chi connectivity index (χ3v) is 8.02. The smallest absolute Gasteiger partial charge is 0.354 e. The molecule has 0 saturated carbocycles. The summed E-state index contributed by atoms with van der Waals surface area (Å²) < 4.78 is 23.0. The van der Waals surface area contributed by atoms with Crippen LogP contribution in [0, 0.1) is 5.82 Å². The first-order valence-corrected chi connectivity index (χ1v) is 13.7. The Hall–Kier alpha value is -4.66. The summed E-state index contributed by atoms with van der Waals surface area (Å²) in [5.41, 5.74) is 2.00. The number of carbonyl (C=O) groups excluding carboxylic acids is 1. The number of hydrogen-bond acceptors (Lipinski definition) is 6. The van der Waals surface area contributed by atoms with Crippen LogP contribution in [0.15, 0.2) is 72.0 Å². The maximum atomic E-state index is 15.1. The predicted molar refractivity (Wildman–Crippen MR) is 156 cm³/mol. The van der Waals surface area contributed by atoms with E-state index in [9.17, 15) is 14.7 Å². The van der Waals surface area contributed by atoms with Gasteiger partial charge in [0.2, 0.25) is 5.91 Å². The summed E-state index contributed by atoms with van der Waals surface area (Å²) in [7, 11) is 0. The average molecular weight is 555 g/mol. The minimum Gasteiger partial charge on any atom is -0.507 e. The van der Waals surface area contributed by atoms with Gasteiger partial charge in [0.05, 0.1) is 28.2 Å². The maximum absolute atomic E-state index is 15.1. The molecule has 0 radical (unpaired) electrons. The molecule has 210 valence electrons. The highest BCUT2D eigenvalue weighted by atomic mass is 19.1. The van der Waals surface area contributed by atoms with Gasteiger partial charge in [-0.15, -0.1) is 0 Å². The van der Waals surface area contributed by atoms with Crippen LogP contribution in [-0.4, -0.2) is 57.2 Å². The lowest BCUT2D eigenvalue weighted by molar-refractivity contribution is -0.129. The summed E-state index contributed by atoms with van der Waals surface area (Å²) in [6, 6.07) is 14.7. The number of fused-ring (bicyclic) bond motifs is 2. The van der Waals surface area contributed by atoms with Crippen LogP contribution in [0.3, 0.4) is 0 Å². The van der Waals surface area contributed by atoms with Crippen LogP contribution < -0.4 is 15.3 Å². The van der Waals surface area contributed by atoms with E-state index in [1.165, 1.54) is 24.3 Å². The first-order valence-electron chi connectivity index (χ1n) is 13.7. The SMILES string of the molecule is C=CC(=O)N1C[C@H]2COc3cc(-c4c(O)cccc4F)cc4c3c(nc(=O)n4-c3ccccc3C(C)C)N2C[C@H]1C. The number of rotatable bonds is 4. The number of amides is 1. The standard InChI is InChI=1S/C32H31FN4O4/c1-5-28(39)35-16-21-17-41-27-14-20(29-23(33)10-8-12-26(29)38)13-25-30(27)31(36(21)15-19(35)4)34-32(40)37(25)24-11-7-6-9-22(24)18(2)3/h5-14,18-19,21,38H,1,15-17H2,2-4H3/t19-,21+/m1/s1. The Bertz CT molecular complexity index is 1740. The van der Waals surface area contributed by atoms with Crippen molar-refractivity contribution in [1.29, 1.82) is 0 Å². The number of carbonyl (C=O) groups is 1. The van der Waals surface area contributed by atoms with Gasteiger partial charge in [-0.2, -0.15) is 4.98 Å². The Balaban J connectivity index is 1.66. The molecule has 2 aliphatic rings. The number of phenolic OH excluding ortho intramolecular Hbond substituents is 1. The van der Waals surface area contributed by atoms with Crippen LogP contribution in [-0.2, 0) is 4.79 Å². The summed E-state index contributed by atoms with van der Waals surface area (Å²) in [4.78, 5) is 35.0. The van der Waals surface area contributed by atoms with Gasteiger partial charge < -0.3 is 19.6 Å². The molecule has 0 aliphatic carbocycles. The fourth-order valence-electron chi connectivity index (χ4n) is 6.03. The molecule has 1 amide bonds. The number of para-hydroxylation sites is 1. The van der Waals surface area contributed by atoms with Gasteiger partial charge in [0, 0.05) is 19.1 Å². The van der Waals surface area contributed by atoms with E-state index >= 15 is 4.39 Å².